The van der Waals surface area contributed by atoms with Gasteiger partial charge in [0.15, 0.2) is 0 Å². The van der Waals surface area contributed by atoms with Crippen LogP contribution in [0, 0.1) is 17.0 Å². The van der Waals surface area contributed by atoms with E-state index in [9.17, 15) is 10.1 Å². The second-order valence-electron chi connectivity index (χ2n) is 3.53. The minimum atomic E-state index is -0.454. The fourth-order valence-electron chi connectivity index (χ4n) is 1.95. The number of rotatable bonds is 1. The van der Waals surface area contributed by atoms with Crippen molar-refractivity contribution in [2.75, 3.05) is 0 Å². The molecule has 1 atom stereocenters. The molecule has 6 nitrogen and oxygen atoms in total. The molecule has 0 bridgehead atoms. The molecule has 0 fully saturated rings. The van der Waals surface area contributed by atoms with Crippen LogP contribution < -0.4 is 5.73 Å². The maximum absolute atomic E-state index is 10.7. The van der Waals surface area contributed by atoms with Gasteiger partial charge in [-0.15, -0.1) is 0 Å². The molecule has 6 heteroatoms. The summed E-state index contributed by atoms with van der Waals surface area (Å²) < 4.78 is 1.85. The third-order valence-electron chi connectivity index (χ3n) is 2.60. The molecule has 2 rings (SSSR count). The highest BCUT2D eigenvalue weighted by Gasteiger charge is 2.31. The van der Waals surface area contributed by atoms with Crippen molar-refractivity contribution < 1.29 is 4.92 Å². The zero-order valence-corrected chi connectivity index (χ0v) is 7.93. The highest BCUT2D eigenvalue weighted by Crippen LogP contribution is 2.31. The second-order valence-corrected chi connectivity index (χ2v) is 3.53. The van der Waals surface area contributed by atoms with Crippen LogP contribution in [0.5, 0.6) is 0 Å². The Balaban J connectivity index is 2.59. The van der Waals surface area contributed by atoms with E-state index in [-0.39, 0.29) is 11.9 Å². The Bertz CT molecular complexity index is 385. The van der Waals surface area contributed by atoms with Crippen molar-refractivity contribution in [3.63, 3.8) is 0 Å². The van der Waals surface area contributed by atoms with Crippen LogP contribution in [0.3, 0.4) is 0 Å². The molecule has 2 N–H and O–H groups in total. The van der Waals surface area contributed by atoms with Gasteiger partial charge in [-0.25, -0.2) is 0 Å². The average molecular weight is 196 g/mol. The van der Waals surface area contributed by atoms with Crippen molar-refractivity contribution in [3.05, 3.63) is 21.6 Å². The van der Waals surface area contributed by atoms with E-state index in [2.05, 4.69) is 4.98 Å². The smallest absolute Gasteiger partial charge is 0.358 e. The molecule has 76 valence electrons. The normalized spacial score (nSPS) is 20.6. The number of nitrogens with zero attached hydrogens (tertiary/aromatic N) is 3. The topological polar surface area (TPSA) is 87.0 Å². The van der Waals surface area contributed by atoms with Gasteiger partial charge in [-0.1, -0.05) is 0 Å². The first kappa shape index (κ1) is 9.14. The van der Waals surface area contributed by atoms with E-state index in [4.69, 9.17) is 5.73 Å². The number of aromatic nitrogens is 2. The highest BCUT2D eigenvalue weighted by molar-refractivity contribution is 5.33. The van der Waals surface area contributed by atoms with Crippen LogP contribution in [-0.4, -0.2) is 14.5 Å². The molecule has 14 heavy (non-hydrogen) atoms. The van der Waals surface area contributed by atoms with E-state index in [1.54, 1.807) is 6.92 Å². The fraction of sp³-hybridized carbons (Fsp3) is 0.625. The van der Waals surface area contributed by atoms with Crippen molar-refractivity contribution in [3.8, 4) is 0 Å². The third kappa shape index (κ3) is 1.19. The van der Waals surface area contributed by atoms with Crippen LogP contribution in [-0.2, 0) is 6.54 Å². The molecular weight excluding hydrogens is 184 g/mol. The predicted molar refractivity (Wildman–Crippen MR) is 49.8 cm³/mol. The molecule has 0 spiro atoms. The summed E-state index contributed by atoms with van der Waals surface area (Å²) in [6.07, 6.45) is 1.76. The van der Waals surface area contributed by atoms with Crippen LogP contribution in [0.4, 0.5) is 5.82 Å². The van der Waals surface area contributed by atoms with Crippen molar-refractivity contribution in [1.82, 2.24) is 9.55 Å². The Morgan fingerprint density at radius 2 is 2.43 bits per heavy atom. The molecule has 1 aliphatic heterocycles. The van der Waals surface area contributed by atoms with Crippen LogP contribution in [0.1, 0.15) is 30.4 Å². The molecule has 1 aromatic heterocycles. The molecule has 0 radical (unpaired) electrons. The van der Waals surface area contributed by atoms with Crippen molar-refractivity contribution >= 4 is 5.82 Å². The monoisotopic (exact) mass is 196 g/mol. The van der Waals surface area contributed by atoms with E-state index in [0.29, 0.717) is 11.5 Å². The van der Waals surface area contributed by atoms with Crippen molar-refractivity contribution in [1.29, 1.82) is 0 Å². The summed E-state index contributed by atoms with van der Waals surface area (Å²) in [6, 6.07) is -0.245. The van der Waals surface area contributed by atoms with Crippen LogP contribution in [0.2, 0.25) is 0 Å². The molecule has 1 aromatic rings. The van der Waals surface area contributed by atoms with Gasteiger partial charge in [0.2, 0.25) is 5.82 Å². The van der Waals surface area contributed by atoms with Crippen molar-refractivity contribution in [2.45, 2.75) is 32.4 Å². The number of imidazole rings is 1. The lowest BCUT2D eigenvalue weighted by molar-refractivity contribution is -0.390. The Hall–Kier alpha value is -1.43. The quantitative estimate of drug-likeness (QED) is 0.533. The Kier molecular flexibility index (Phi) is 1.99. The van der Waals surface area contributed by atoms with Crippen LogP contribution in [0.25, 0.3) is 0 Å². The summed E-state index contributed by atoms with van der Waals surface area (Å²) in [5.74, 6) is 0.608. The molecule has 2 heterocycles. The number of hydrogen-bond donors (Lipinski definition) is 1. The average Bonchev–Trinajstić information content (AvgIpc) is 2.46. The van der Waals surface area contributed by atoms with Crippen LogP contribution in [0.15, 0.2) is 0 Å². The summed E-state index contributed by atoms with van der Waals surface area (Å²) in [7, 11) is 0. The summed E-state index contributed by atoms with van der Waals surface area (Å²) in [6.45, 7) is 2.56. The van der Waals surface area contributed by atoms with Gasteiger partial charge in [0.1, 0.15) is 5.69 Å². The summed E-state index contributed by atoms with van der Waals surface area (Å²) in [5.41, 5.74) is 6.42. The first-order valence-corrected chi connectivity index (χ1v) is 4.58. The van der Waals surface area contributed by atoms with E-state index >= 15 is 0 Å². The molecule has 0 aliphatic carbocycles. The van der Waals surface area contributed by atoms with Gasteiger partial charge in [0, 0.05) is 13.5 Å². The maximum atomic E-state index is 10.7. The lowest BCUT2D eigenvalue weighted by atomic mass is 10.1. The Morgan fingerprint density at radius 3 is 3.07 bits per heavy atom. The zero-order chi connectivity index (χ0) is 10.3. The van der Waals surface area contributed by atoms with E-state index in [0.717, 1.165) is 19.4 Å². The Morgan fingerprint density at radius 1 is 1.71 bits per heavy atom. The van der Waals surface area contributed by atoms with Gasteiger partial charge in [0.25, 0.3) is 0 Å². The third-order valence-corrected chi connectivity index (χ3v) is 2.60. The number of hydrogen-bond acceptors (Lipinski definition) is 4. The zero-order valence-electron chi connectivity index (χ0n) is 7.93. The standard InChI is InChI=1S/C8H12N4O2/c1-5-10-8(12(13)14)7-6(9)3-2-4-11(5)7/h6H,2-4,9H2,1H3. The number of nitro groups is 1. The second kappa shape index (κ2) is 3.06. The van der Waals surface area contributed by atoms with E-state index in [1.165, 1.54) is 0 Å². The number of fused-ring (bicyclic) bond motifs is 1. The molecule has 0 amide bonds. The van der Waals surface area contributed by atoms with Gasteiger partial charge in [0.05, 0.1) is 6.04 Å². The minimum Gasteiger partial charge on any atom is -0.358 e. The molecule has 0 saturated heterocycles. The van der Waals surface area contributed by atoms with Gasteiger partial charge in [-0.2, -0.15) is 0 Å². The predicted octanol–water partition coefficient (Wildman–Crippen LogP) is 0.893. The Labute approximate surface area is 80.9 Å². The molecule has 0 aromatic carbocycles. The molecular formula is C8H12N4O2. The van der Waals surface area contributed by atoms with E-state index < -0.39 is 4.92 Å². The number of aryl methyl sites for hydroxylation is 1. The van der Waals surface area contributed by atoms with Gasteiger partial charge in [-0.3, -0.25) is 0 Å². The maximum Gasteiger partial charge on any atom is 0.386 e. The lowest BCUT2D eigenvalue weighted by Crippen LogP contribution is -2.22. The fourth-order valence-corrected chi connectivity index (χ4v) is 1.95. The van der Waals surface area contributed by atoms with Crippen LogP contribution >= 0.6 is 0 Å². The lowest BCUT2D eigenvalue weighted by Gasteiger charge is -2.19. The number of nitrogens with two attached hydrogens (primary N) is 1. The van der Waals surface area contributed by atoms with E-state index in [1.807, 2.05) is 4.57 Å². The SMILES string of the molecule is Cc1nc([N+](=O)[O-])c2n1CCCC2N. The molecule has 1 aliphatic rings. The van der Waals surface area contributed by atoms with Crippen molar-refractivity contribution in [2.24, 2.45) is 5.73 Å². The first-order valence-electron chi connectivity index (χ1n) is 4.58. The molecule has 0 saturated carbocycles. The van der Waals surface area contributed by atoms with Gasteiger partial charge in [-0.05, 0) is 22.7 Å². The van der Waals surface area contributed by atoms with Gasteiger partial charge < -0.3 is 20.4 Å². The van der Waals surface area contributed by atoms with Gasteiger partial charge >= 0.3 is 5.82 Å². The minimum absolute atomic E-state index is 0.0744. The summed E-state index contributed by atoms with van der Waals surface area (Å²) in [5, 5.41) is 10.7. The largest absolute Gasteiger partial charge is 0.386 e. The highest BCUT2D eigenvalue weighted by atomic mass is 16.6. The summed E-state index contributed by atoms with van der Waals surface area (Å²) in [4.78, 5) is 14.2. The molecule has 1 unspecified atom stereocenters. The summed E-state index contributed by atoms with van der Waals surface area (Å²) >= 11 is 0. The first-order chi connectivity index (χ1) is 6.61.